The molecule has 13 heteroatoms. The molecule has 1 N–H and O–H groups in total. The van der Waals surface area contributed by atoms with Crippen molar-refractivity contribution in [1.29, 1.82) is 0 Å². The number of nitrogens with one attached hydrogen (secondary N) is 1. The smallest absolute Gasteiger partial charge is 0.264 e. The van der Waals surface area contributed by atoms with Crippen molar-refractivity contribution in [3.8, 4) is 17.1 Å². The van der Waals surface area contributed by atoms with Crippen LogP contribution in [0.25, 0.3) is 11.3 Å². The van der Waals surface area contributed by atoms with Gasteiger partial charge in [-0.3, -0.25) is 9.78 Å². The van der Waals surface area contributed by atoms with E-state index in [1.807, 2.05) is 32.0 Å². The summed E-state index contributed by atoms with van der Waals surface area (Å²) < 4.78 is 42.2. The minimum atomic E-state index is -4.19. The molecule has 282 valence electrons. The summed E-state index contributed by atoms with van der Waals surface area (Å²) in [5.41, 5.74) is 3.97. The molecule has 1 atom stereocenters. The van der Waals surface area contributed by atoms with Gasteiger partial charge in [0, 0.05) is 43.0 Å². The quantitative estimate of drug-likeness (QED) is 0.204. The molecule has 1 fully saturated rings. The van der Waals surface area contributed by atoms with Gasteiger partial charge in [0.15, 0.2) is 0 Å². The number of benzene rings is 2. The van der Waals surface area contributed by atoms with Crippen molar-refractivity contribution in [3.63, 3.8) is 0 Å². The number of nitrogens with zero attached hydrogens (tertiary/aromatic N) is 6. The van der Waals surface area contributed by atoms with Gasteiger partial charge in [-0.05, 0) is 87.6 Å². The fourth-order valence-electron chi connectivity index (χ4n) is 7.11. The normalized spacial score (nSPS) is 18.0. The fourth-order valence-corrected chi connectivity index (χ4v) is 8.10. The number of anilines is 2. The van der Waals surface area contributed by atoms with E-state index in [1.54, 1.807) is 35.5 Å². The predicted octanol–water partition coefficient (Wildman–Crippen LogP) is 6.83. The molecule has 12 nitrogen and oxygen atoms in total. The maximum Gasteiger partial charge on any atom is 0.264 e. The molecule has 2 aromatic carbocycles. The Balaban J connectivity index is 1.43. The van der Waals surface area contributed by atoms with E-state index in [1.165, 1.54) is 12.1 Å². The van der Waals surface area contributed by atoms with E-state index < -0.39 is 16.1 Å². The van der Waals surface area contributed by atoms with Crippen molar-refractivity contribution >= 4 is 27.7 Å². The lowest BCUT2D eigenvalue weighted by atomic mass is 9.87. The second kappa shape index (κ2) is 15.8. The Labute approximate surface area is 313 Å². The fraction of sp³-hybridized carbons (Fsp3) is 0.475. The lowest BCUT2D eigenvalue weighted by molar-refractivity contribution is 0.0509. The third kappa shape index (κ3) is 9.31. The second-order valence-corrected chi connectivity index (χ2v) is 17.3. The van der Waals surface area contributed by atoms with E-state index in [2.05, 4.69) is 59.2 Å². The van der Waals surface area contributed by atoms with Crippen LogP contribution in [0.2, 0.25) is 0 Å². The molecule has 4 bridgehead atoms. The van der Waals surface area contributed by atoms with Gasteiger partial charge in [-0.25, -0.2) is 23.1 Å². The molecule has 4 aromatic rings. The van der Waals surface area contributed by atoms with E-state index in [0.717, 1.165) is 55.1 Å². The summed E-state index contributed by atoms with van der Waals surface area (Å²) in [5.74, 6) is 0.958. The standard InChI is InChI=1S/C40H51N7O5S/c1-26(2)46(23-29-14-16-51-17-15-29)35-22-41-21-31(42-35)24-47-32(20-40(5,6)7)25-52-36-19-34(37-27(3)10-8-11-28(37)4)43-39(44-36)45-53(49,50)33-13-9-12-30(18-33)38(47)48/h8-13,18-19,21-22,26,29,32H,14-17,20,23-25H2,1-7H3,(H,43,44,45)/t32-/m1/s1. The number of sulfonamides is 1. The summed E-state index contributed by atoms with van der Waals surface area (Å²) in [5, 5.41) is 0. The topological polar surface area (TPSA) is 140 Å². The molecule has 0 unspecified atom stereocenters. The highest BCUT2D eigenvalue weighted by molar-refractivity contribution is 7.92. The molecule has 6 rings (SSSR count). The van der Waals surface area contributed by atoms with Gasteiger partial charge < -0.3 is 19.3 Å². The summed E-state index contributed by atoms with van der Waals surface area (Å²) in [6.07, 6.45) is 6.04. The van der Waals surface area contributed by atoms with Crippen molar-refractivity contribution < 1.29 is 22.7 Å². The maximum atomic E-state index is 14.7. The minimum Gasteiger partial charge on any atom is -0.475 e. The highest BCUT2D eigenvalue weighted by atomic mass is 32.2. The van der Waals surface area contributed by atoms with Crippen LogP contribution in [0.5, 0.6) is 5.88 Å². The summed E-state index contributed by atoms with van der Waals surface area (Å²) in [6, 6.07) is 13.4. The van der Waals surface area contributed by atoms with Gasteiger partial charge in [0.25, 0.3) is 15.9 Å². The van der Waals surface area contributed by atoms with E-state index in [9.17, 15) is 13.2 Å². The number of fused-ring (bicyclic) bond motifs is 4. The predicted molar refractivity (Wildman–Crippen MR) is 205 cm³/mol. The Morgan fingerprint density at radius 2 is 1.70 bits per heavy atom. The van der Waals surface area contributed by atoms with Gasteiger partial charge >= 0.3 is 0 Å². The second-order valence-electron chi connectivity index (χ2n) is 15.6. The average Bonchev–Trinajstić information content (AvgIpc) is 3.10. The number of ether oxygens (including phenoxy) is 2. The molecule has 2 aliphatic rings. The van der Waals surface area contributed by atoms with Gasteiger partial charge in [0.1, 0.15) is 12.4 Å². The summed E-state index contributed by atoms with van der Waals surface area (Å²) >= 11 is 0. The van der Waals surface area contributed by atoms with E-state index >= 15 is 0 Å². The largest absolute Gasteiger partial charge is 0.475 e. The number of hydrogen-bond donors (Lipinski definition) is 1. The molecule has 4 heterocycles. The summed E-state index contributed by atoms with van der Waals surface area (Å²) in [6.45, 7) is 17.2. The Kier molecular flexibility index (Phi) is 11.3. The first-order chi connectivity index (χ1) is 25.2. The van der Waals surface area contributed by atoms with Crippen LogP contribution in [0.15, 0.2) is 65.8 Å². The number of aryl methyl sites for hydroxylation is 2. The highest BCUT2D eigenvalue weighted by Gasteiger charge is 2.32. The van der Waals surface area contributed by atoms with E-state index in [4.69, 9.17) is 14.5 Å². The molecular weight excluding hydrogens is 691 g/mol. The number of carbonyl (C=O) groups excluding carboxylic acids is 1. The average molecular weight is 742 g/mol. The molecule has 2 aromatic heterocycles. The first-order valence-electron chi connectivity index (χ1n) is 18.3. The first kappa shape index (κ1) is 38.1. The third-order valence-electron chi connectivity index (χ3n) is 9.75. The first-order valence-corrected chi connectivity index (χ1v) is 19.8. The van der Waals surface area contributed by atoms with E-state index in [0.29, 0.717) is 23.7 Å². The number of rotatable bonds is 8. The number of aromatic nitrogens is 4. The zero-order valence-electron chi connectivity index (χ0n) is 31.8. The zero-order chi connectivity index (χ0) is 37.9. The number of carbonyl (C=O) groups is 1. The molecular formula is C40H51N7O5S. The molecule has 0 aliphatic carbocycles. The number of amides is 1. The van der Waals surface area contributed by atoms with Crippen molar-refractivity contribution in [2.75, 3.05) is 36.0 Å². The van der Waals surface area contributed by atoms with Crippen LogP contribution in [0, 0.1) is 25.2 Å². The molecule has 0 saturated carbocycles. The molecule has 0 radical (unpaired) electrons. The Morgan fingerprint density at radius 3 is 2.40 bits per heavy atom. The van der Waals surface area contributed by atoms with Crippen LogP contribution in [0.3, 0.4) is 0 Å². The summed E-state index contributed by atoms with van der Waals surface area (Å²) in [4.78, 5) is 37.4. The maximum absolute atomic E-state index is 14.7. The van der Waals surface area contributed by atoms with Crippen LogP contribution < -0.4 is 14.4 Å². The van der Waals surface area contributed by atoms with Gasteiger partial charge in [-0.2, -0.15) is 4.98 Å². The van der Waals surface area contributed by atoms with Crippen LogP contribution in [0.1, 0.15) is 81.1 Å². The van der Waals surface area contributed by atoms with Crippen LogP contribution in [-0.4, -0.2) is 77.6 Å². The Bertz CT molecular complexity index is 2020. The molecule has 1 saturated heterocycles. The zero-order valence-corrected chi connectivity index (χ0v) is 32.6. The van der Waals surface area contributed by atoms with Crippen molar-refractivity contribution in [1.82, 2.24) is 24.8 Å². The Morgan fingerprint density at radius 1 is 0.981 bits per heavy atom. The monoisotopic (exact) mass is 741 g/mol. The minimum absolute atomic E-state index is 0.0825. The van der Waals surface area contributed by atoms with Crippen molar-refractivity contribution in [3.05, 3.63) is 83.3 Å². The molecule has 53 heavy (non-hydrogen) atoms. The lowest BCUT2D eigenvalue weighted by Crippen LogP contribution is -2.45. The van der Waals surface area contributed by atoms with Crippen molar-refractivity contribution in [2.24, 2.45) is 11.3 Å². The van der Waals surface area contributed by atoms with Crippen LogP contribution in [0.4, 0.5) is 11.8 Å². The molecule has 2 aliphatic heterocycles. The highest BCUT2D eigenvalue weighted by Crippen LogP contribution is 2.32. The Hall–Kier alpha value is -4.62. The van der Waals surface area contributed by atoms with E-state index in [-0.39, 0.29) is 52.8 Å². The van der Waals surface area contributed by atoms with Gasteiger partial charge in [-0.1, -0.05) is 45.0 Å². The van der Waals surface area contributed by atoms with Gasteiger partial charge in [0.2, 0.25) is 11.8 Å². The number of hydrogen-bond acceptors (Lipinski definition) is 10. The van der Waals surface area contributed by atoms with Crippen LogP contribution >= 0.6 is 0 Å². The molecule has 1 amide bonds. The molecule has 0 spiro atoms. The lowest BCUT2D eigenvalue weighted by Gasteiger charge is -2.36. The SMILES string of the molecule is Cc1cccc(C)c1-c1cc2nc(n1)NS(=O)(=O)c1cccc(c1)C(=O)N(Cc1cncc(N(CC3CCOCC3)C(C)C)n1)[C@H](CC(C)(C)C)CO2. The van der Waals surface area contributed by atoms with Crippen LogP contribution in [-0.2, 0) is 21.3 Å². The van der Waals surface area contributed by atoms with Gasteiger partial charge in [0.05, 0.1) is 41.3 Å². The van der Waals surface area contributed by atoms with Crippen molar-refractivity contribution in [2.45, 2.75) is 91.3 Å². The third-order valence-corrected chi connectivity index (χ3v) is 11.1. The van der Waals surface area contributed by atoms with Gasteiger partial charge in [-0.15, -0.1) is 0 Å². The summed E-state index contributed by atoms with van der Waals surface area (Å²) in [7, 11) is -4.19.